The average molecular weight is 290 g/mol. The van der Waals surface area contributed by atoms with Crippen LogP contribution < -0.4 is 5.32 Å². The predicted octanol–water partition coefficient (Wildman–Crippen LogP) is 3.16. The molecule has 0 aliphatic rings. The van der Waals surface area contributed by atoms with Gasteiger partial charge < -0.3 is 15.3 Å². The fourth-order valence-corrected chi connectivity index (χ4v) is 1.49. The van der Waals surface area contributed by atoms with Crippen molar-refractivity contribution >= 4 is 11.7 Å². The minimum Gasteiger partial charge on any atom is -0.389 e. The highest BCUT2D eigenvalue weighted by molar-refractivity contribution is 5.89. The first-order valence-electron chi connectivity index (χ1n) is 6.06. The fourth-order valence-electron chi connectivity index (χ4n) is 1.49. The number of anilines is 1. The van der Waals surface area contributed by atoms with Crippen molar-refractivity contribution in [1.82, 2.24) is 4.90 Å². The van der Waals surface area contributed by atoms with Gasteiger partial charge in [-0.15, -0.1) is 0 Å². The number of carbonyl (C=O) groups excluding carboxylic acids is 1. The van der Waals surface area contributed by atoms with Crippen molar-refractivity contribution in [2.75, 3.05) is 18.9 Å². The number of urea groups is 1. The van der Waals surface area contributed by atoms with Crippen LogP contribution in [0.2, 0.25) is 0 Å². The van der Waals surface area contributed by atoms with E-state index in [9.17, 15) is 23.1 Å². The molecule has 4 nitrogen and oxygen atoms in total. The van der Waals surface area contributed by atoms with E-state index in [4.69, 9.17) is 0 Å². The first-order valence-corrected chi connectivity index (χ1v) is 6.06. The van der Waals surface area contributed by atoms with Gasteiger partial charge >= 0.3 is 12.2 Å². The molecule has 0 radical (unpaired) electrons. The lowest BCUT2D eigenvalue weighted by atomic mass is 10.1. The summed E-state index contributed by atoms with van der Waals surface area (Å²) in [6.45, 7) is 1.17. The molecule has 1 atom stereocenters. The van der Waals surface area contributed by atoms with Crippen molar-refractivity contribution in [3.05, 3.63) is 29.8 Å². The Bertz CT molecular complexity index is 461. The van der Waals surface area contributed by atoms with Crippen LogP contribution in [0.1, 0.15) is 25.0 Å². The quantitative estimate of drug-likeness (QED) is 0.895. The van der Waals surface area contributed by atoms with Crippen molar-refractivity contribution in [2.45, 2.75) is 25.6 Å². The van der Waals surface area contributed by atoms with Crippen LogP contribution in [0.3, 0.4) is 0 Å². The van der Waals surface area contributed by atoms with Gasteiger partial charge in [0.15, 0.2) is 0 Å². The van der Waals surface area contributed by atoms with Crippen molar-refractivity contribution in [1.29, 1.82) is 0 Å². The van der Waals surface area contributed by atoms with Crippen LogP contribution >= 0.6 is 0 Å². The topological polar surface area (TPSA) is 52.6 Å². The fraction of sp³-hybridized carbons (Fsp3) is 0.462. The molecule has 2 N–H and O–H groups in total. The molecular formula is C13H17F3N2O2. The highest BCUT2D eigenvalue weighted by atomic mass is 19.4. The van der Waals surface area contributed by atoms with Crippen LogP contribution in [-0.2, 0) is 0 Å². The Morgan fingerprint density at radius 3 is 2.65 bits per heavy atom. The molecule has 0 spiro atoms. The molecule has 1 aromatic rings. The van der Waals surface area contributed by atoms with Gasteiger partial charge in [-0.2, -0.15) is 13.2 Å². The van der Waals surface area contributed by atoms with E-state index in [-0.39, 0.29) is 0 Å². The minimum absolute atomic E-state index is 0.411. The van der Waals surface area contributed by atoms with E-state index < -0.39 is 31.3 Å². The van der Waals surface area contributed by atoms with Gasteiger partial charge in [0, 0.05) is 19.3 Å². The summed E-state index contributed by atoms with van der Waals surface area (Å²) >= 11 is 0. The number of rotatable bonds is 4. The maximum absolute atomic E-state index is 12.1. The van der Waals surface area contributed by atoms with Crippen molar-refractivity contribution in [3.8, 4) is 0 Å². The summed E-state index contributed by atoms with van der Waals surface area (Å²) in [6.07, 6.45) is -6.03. The van der Waals surface area contributed by atoms with Crippen LogP contribution in [0, 0.1) is 0 Å². The molecular weight excluding hydrogens is 273 g/mol. The van der Waals surface area contributed by atoms with Crippen molar-refractivity contribution in [2.24, 2.45) is 0 Å². The van der Waals surface area contributed by atoms with Gasteiger partial charge in [-0.25, -0.2) is 4.79 Å². The van der Waals surface area contributed by atoms with Gasteiger partial charge in [0.1, 0.15) is 0 Å². The predicted molar refractivity (Wildman–Crippen MR) is 69.4 cm³/mol. The molecule has 0 aliphatic heterocycles. The first kappa shape index (κ1) is 16.3. The Balaban J connectivity index is 2.59. The summed E-state index contributed by atoms with van der Waals surface area (Å²) in [6, 6.07) is 5.87. The van der Waals surface area contributed by atoms with Gasteiger partial charge in [0.2, 0.25) is 0 Å². The highest BCUT2D eigenvalue weighted by Crippen LogP contribution is 2.20. The lowest BCUT2D eigenvalue weighted by Crippen LogP contribution is -2.34. The van der Waals surface area contributed by atoms with Crippen molar-refractivity contribution < 1.29 is 23.1 Å². The van der Waals surface area contributed by atoms with E-state index in [0.717, 1.165) is 4.90 Å². The second-order valence-electron chi connectivity index (χ2n) is 4.52. The molecule has 0 fully saturated rings. The molecule has 1 unspecified atom stereocenters. The third-order valence-corrected chi connectivity index (χ3v) is 2.70. The Morgan fingerprint density at radius 2 is 2.10 bits per heavy atom. The standard InChI is InChI=1S/C13H17F3N2O2/c1-9(19)10-4-3-5-11(8-10)17-12(20)18(2)7-6-13(14,15)16/h3-5,8-9,19H,6-7H2,1-2H3,(H,17,20). The largest absolute Gasteiger partial charge is 0.390 e. The number of hydrogen-bond donors (Lipinski definition) is 2. The number of aliphatic hydroxyl groups excluding tert-OH is 1. The lowest BCUT2D eigenvalue weighted by Gasteiger charge is -2.19. The molecule has 0 aliphatic carbocycles. The maximum Gasteiger partial charge on any atom is 0.390 e. The van der Waals surface area contributed by atoms with Gasteiger partial charge in [0.25, 0.3) is 0 Å². The third kappa shape index (κ3) is 5.48. The summed E-state index contributed by atoms with van der Waals surface area (Å²) in [5.74, 6) is 0. The summed E-state index contributed by atoms with van der Waals surface area (Å²) in [4.78, 5) is 12.7. The highest BCUT2D eigenvalue weighted by Gasteiger charge is 2.28. The van der Waals surface area contributed by atoms with E-state index in [2.05, 4.69) is 5.32 Å². The number of halogens is 3. The van der Waals surface area contributed by atoms with E-state index >= 15 is 0 Å². The second-order valence-corrected chi connectivity index (χ2v) is 4.52. The molecule has 0 saturated carbocycles. The maximum atomic E-state index is 12.1. The lowest BCUT2D eigenvalue weighted by molar-refractivity contribution is -0.135. The molecule has 0 heterocycles. The summed E-state index contributed by atoms with van der Waals surface area (Å²) in [5.41, 5.74) is 1.04. The van der Waals surface area contributed by atoms with Crippen LogP contribution in [0.4, 0.5) is 23.7 Å². The normalized spacial score (nSPS) is 12.9. The number of nitrogens with zero attached hydrogens (tertiary/aromatic N) is 1. The molecule has 20 heavy (non-hydrogen) atoms. The zero-order valence-corrected chi connectivity index (χ0v) is 11.2. The number of alkyl halides is 3. The number of aliphatic hydroxyl groups is 1. The molecule has 0 aromatic heterocycles. The van der Waals surface area contributed by atoms with Crippen LogP contribution in [0.5, 0.6) is 0 Å². The number of amides is 2. The SMILES string of the molecule is CC(O)c1cccc(NC(=O)N(C)CCC(F)(F)F)c1. The smallest absolute Gasteiger partial charge is 0.389 e. The number of benzene rings is 1. The number of carbonyl (C=O) groups is 1. The minimum atomic E-state index is -4.29. The Hall–Kier alpha value is -1.76. The van der Waals surface area contributed by atoms with Gasteiger partial charge in [0.05, 0.1) is 12.5 Å². The van der Waals surface area contributed by atoms with E-state index in [1.54, 1.807) is 31.2 Å². The molecule has 1 rings (SSSR count). The van der Waals surface area contributed by atoms with Gasteiger partial charge in [-0.1, -0.05) is 12.1 Å². The summed E-state index contributed by atoms with van der Waals surface area (Å²) in [7, 11) is 1.29. The van der Waals surface area contributed by atoms with Crippen molar-refractivity contribution in [3.63, 3.8) is 0 Å². The number of hydrogen-bond acceptors (Lipinski definition) is 2. The van der Waals surface area contributed by atoms with Gasteiger partial charge in [-0.05, 0) is 24.6 Å². The Morgan fingerprint density at radius 1 is 1.45 bits per heavy atom. The molecule has 0 bridgehead atoms. The average Bonchev–Trinajstić information content (AvgIpc) is 2.35. The van der Waals surface area contributed by atoms with Crippen LogP contribution in [0.25, 0.3) is 0 Å². The zero-order chi connectivity index (χ0) is 15.3. The molecule has 112 valence electrons. The molecule has 1 aromatic carbocycles. The van der Waals surface area contributed by atoms with E-state index in [1.807, 2.05) is 0 Å². The Labute approximate surface area is 115 Å². The first-order chi connectivity index (χ1) is 9.19. The third-order valence-electron chi connectivity index (χ3n) is 2.70. The molecule has 7 heteroatoms. The Kier molecular flexibility index (Phi) is 5.38. The van der Waals surface area contributed by atoms with E-state index in [0.29, 0.717) is 11.3 Å². The summed E-state index contributed by atoms with van der Waals surface area (Å²) in [5, 5.41) is 11.9. The zero-order valence-electron chi connectivity index (χ0n) is 11.2. The number of nitrogens with one attached hydrogen (secondary N) is 1. The second kappa shape index (κ2) is 6.60. The molecule has 0 saturated heterocycles. The van der Waals surface area contributed by atoms with E-state index in [1.165, 1.54) is 7.05 Å². The summed E-state index contributed by atoms with van der Waals surface area (Å²) < 4.78 is 36.2. The van der Waals surface area contributed by atoms with Crippen LogP contribution in [-0.4, -0.2) is 35.8 Å². The molecule has 2 amide bonds. The van der Waals surface area contributed by atoms with Crippen LogP contribution in [0.15, 0.2) is 24.3 Å². The van der Waals surface area contributed by atoms with Gasteiger partial charge in [-0.3, -0.25) is 0 Å². The monoisotopic (exact) mass is 290 g/mol.